The number of hydrogen-bond donors (Lipinski definition) is 0. The Bertz CT molecular complexity index is 2740. The molecule has 10 aromatic rings. The highest BCUT2D eigenvalue weighted by Crippen LogP contribution is 2.44. The van der Waals surface area contributed by atoms with Crippen LogP contribution in [0.4, 0.5) is 34.6 Å². The predicted molar refractivity (Wildman–Crippen MR) is 242 cm³/mol. The summed E-state index contributed by atoms with van der Waals surface area (Å²) in [5.41, 5.74) is 7.26. The van der Waals surface area contributed by atoms with Crippen molar-refractivity contribution >= 4 is 45.4 Å². The fraction of sp³-hybridized carbons (Fsp3) is 0. The molecule has 0 radical (unpaired) electrons. The highest BCUT2D eigenvalue weighted by Gasteiger charge is 2.27. The van der Waals surface area contributed by atoms with E-state index in [1.54, 1.807) is 0 Å². The molecular weight excluding hydrogens is 737 g/mol. The van der Waals surface area contributed by atoms with Crippen LogP contribution in [0.25, 0.3) is 56.3 Å². The maximum Gasteiger partial charge on any atom is 0.241 e. The zero-order valence-corrected chi connectivity index (χ0v) is 32.4. The molecule has 0 aliphatic heterocycles. The number of aromatic nitrogens is 6. The minimum atomic E-state index is 0.354. The van der Waals surface area contributed by atoms with Crippen LogP contribution in [0.3, 0.4) is 0 Å². The van der Waals surface area contributed by atoms with Crippen LogP contribution in [-0.2, 0) is 0 Å². The van der Waals surface area contributed by atoms with Crippen LogP contribution in [-0.4, -0.2) is 29.9 Å². The number of rotatable bonds is 10. The summed E-state index contributed by atoms with van der Waals surface area (Å²) < 4.78 is 0. The number of benzene rings is 8. The highest BCUT2D eigenvalue weighted by molar-refractivity contribution is 6.06. The fourth-order valence-corrected chi connectivity index (χ4v) is 7.34. The van der Waals surface area contributed by atoms with Crippen molar-refractivity contribution in [2.75, 3.05) is 9.80 Å². The van der Waals surface area contributed by atoms with Gasteiger partial charge in [0.1, 0.15) is 0 Å². The summed E-state index contributed by atoms with van der Waals surface area (Å²) in [6.45, 7) is 0. The van der Waals surface area contributed by atoms with Gasteiger partial charge in [-0.3, -0.25) is 0 Å². The summed E-state index contributed by atoms with van der Waals surface area (Å²) in [6, 6.07) is 73.4. The standard InChI is InChI=1S/C52H36N8/c1-7-21-37(22-8-1)47-53-48(38-23-9-2-10-24-38)56-51(55-47)60(52-57-49(39-25-11-3-12-26-39)54-50(58-52)40-27-13-4-14-28-40)46-36-35-45(43-33-19-20-34-44(43)46)59(41-29-15-5-16-30-41)42-31-17-6-18-32-42/h1-36H. The molecule has 8 heteroatoms. The van der Waals surface area contributed by atoms with Gasteiger partial charge in [0, 0.05) is 44.4 Å². The fourth-order valence-electron chi connectivity index (χ4n) is 7.34. The number of hydrogen-bond acceptors (Lipinski definition) is 8. The zero-order chi connectivity index (χ0) is 40.1. The van der Waals surface area contributed by atoms with Crippen molar-refractivity contribution in [2.45, 2.75) is 0 Å². The second-order valence-electron chi connectivity index (χ2n) is 14.0. The molecular formula is C52H36N8. The van der Waals surface area contributed by atoms with E-state index in [-0.39, 0.29) is 0 Å². The van der Waals surface area contributed by atoms with E-state index >= 15 is 0 Å². The van der Waals surface area contributed by atoms with Crippen LogP contribution in [0, 0.1) is 0 Å². The van der Waals surface area contributed by atoms with Gasteiger partial charge in [0.05, 0.1) is 11.4 Å². The third-order valence-electron chi connectivity index (χ3n) is 10.2. The molecule has 284 valence electrons. The molecule has 0 saturated carbocycles. The molecule has 0 N–H and O–H groups in total. The largest absolute Gasteiger partial charge is 0.310 e. The number of nitrogens with zero attached hydrogens (tertiary/aromatic N) is 8. The molecule has 0 saturated heterocycles. The van der Waals surface area contributed by atoms with E-state index in [9.17, 15) is 0 Å². The Morgan fingerprint density at radius 1 is 0.233 bits per heavy atom. The first kappa shape index (κ1) is 36.0. The van der Waals surface area contributed by atoms with Crippen molar-refractivity contribution < 1.29 is 0 Å². The Morgan fingerprint density at radius 3 is 0.817 bits per heavy atom. The van der Waals surface area contributed by atoms with E-state index in [1.165, 1.54) is 0 Å². The Morgan fingerprint density at radius 2 is 0.500 bits per heavy atom. The van der Waals surface area contributed by atoms with Crippen LogP contribution in [0.1, 0.15) is 0 Å². The number of anilines is 6. The SMILES string of the molecule is c1ccc(-c2nc(-c3ccccc3)nc(N(c3nc(-c4ccccc4)nc(-c4ccccc4)n3)c3ccc(N(c4ccccc4)c4ccccc4)c4ccccc34)n2)cc1. The zero-order valence-electron chi connectivity index (χ0n) is 32.4. The van der Waals surface area contributed by atoms with Crippen molar-refractivity contribution in [2.24, 2.45) is 0 Å². The minimum absolute atomic E-state index is 0.354. The molecule has 2 aromatic heterocycles. The quantitative estimate of drug-likeness (QED) is 0.136. The first-order valence-corrected chi connectivity index (χ1v) is 19.7. The monoisotopic (exact) mass is 772 g/mol. The average Bonchev–Trinajstić information content (AvgIpc) is 3.34. The molecule has 0 amide bonds. The third-order valence-corrected chi connectivity index (χ3v) is 10.2. The van der Waals surface area contributed by atoms with Crippen LogP contribution >= 0.6 is 0 Å². The van der Waals surface area contributed by atoms with Crippen LogP contribution in [0.2, 0.25) is 0 Å². The van der Waals surface area contributed by atoms with Crippen molar-refractivity contribution in [1.29, 1.82) is 0 Å². The van der Waals surface area contributed by atoms with E-state index in [0.717, 1.165) is 55.8 Å². The summed E-state index contributed by atoms with van der Waals surface area (Å²) >= 11 is 0. The van der Waals surface area contributed by atoms with Gasteiger partial charge in [-0.25, -0.2) is 14.9 Å². The lowest BCUT2D eigenvalue weighted by Gasteiger charge is -2.29. The van der Waals surface area contributed by atoms with E-state index in [2.05, 4.69) is 89.8 Å². The predicted octanol–water partition coefficient (Wildman–Crippen LogP) is 12.8. The molecule has 0 bridgehead atoms. The number of fused-ring (bicyclic) bond motifs is 1. The van der Waals surface area contributed by atoms with Crippen molar-refractivity contribution in [3.63, 3.8) is 0 Å². The Labute approximate surface area is 347 Å². The maximum atomic E-state index is 5.24. The van der Waals surface area contributed by atoms with E-state index in [0.29, 0.717) is 35.2 Å². The molecule has 0 fully saturated rings. The average molecular weight is 773 g/mol. The second kappa shape index (κ2) is 16.2. The molecule has 0 unspecified atom stereocenters. The molecule has 0 aliphatic rings. The van der Waals surface area contributed by atoms with Gasteiger partial charge >= 0.3 is 0 Å². The lowest BCUT2D eigenvalue weighted by molar-refractivity contribution is 0.966. The smallest absolute Gasteiger partial charge is 0.241 e. The summed E-state index contributed by atoms with van der Waals surface area (Å²) in [5.74, 6) is 2.78. The van der Waals surface area contributed by atoms with Gasteiger partial charge in [0.15, 0.2) is 23.3 Å². The van der Waals surface area contributed by atoms with Crippen molar-refractivity contribution in [1.82, 2.24) is 29.9 Å². The van der Waals surface area contributed by atoms with E-state index in [4.69, 9.17) is 29.9 Å². The van der Waals surface area contributed by atoms with Gasteiger partial charge in [-0.15, -0.1) is 0 Å². The van der Waals surface area contributed by atoms with Gasteiger partial charge in [-0.2, -0.15) is 19.9 Å². The van der Waals surface area contributed by atoms with E-state index in [1.807, 2.05) is 138 Å². The molecule has 2 heterocycles. The molecule has 0 spiro atoms. The lowest BCUT2D eigenvalue weighted by Crippen LogP contribution is -2.19. The molecule has 60 heavy (non-hydrogen) atoms. The first-order chi connectivity index (χ1) is 29.8. The van der Waals surface area contributed by atoms with Crippen LogP contribution < -0.4 is 9.80 Å². The minimum Gasteiger partial charge on any atom is -0.310 e. The molecule has 10 rings (SSSR count). The normalized spacial score (nSPS) is 11.0. The van der Waals surface area contributed by atoms with Crippen molar-refractivity contribution in [3.05, 3.63) is 218 Å². The second-order valence-corrected chi connectivity index (χ2v) is 14.0. The van der Waals surface area contributed by atoms with Gasteiger partial charge in [-0.05, 0) is 36.4 Å². The first-order valence-electron chi connectivity index (χ1n) is 19.7. The van der Waals surface area contributed by atoms with E-state index < -0.39 is 0 Å². The molecule has 0 aliphatic carbocycles. The van der Waals surface area contributed by atoms with Gasteiger partial charge in [-0.1, -0.05) is 182 Å². The molecule has 8 aromatic carbocycles. The Hall–Kier alpha value is -8.36. The summed E-state index contributed by atoms with van der Waals surface area (Å²) in [7, 11) is 0. The van der Waals surface area contributed by atoms with Gasteiger partial charge in [0.2, 0.25) is 11.9 Å². The molecule has 8 nitrogen and oxygen atoms in total. The van der Waals surface area contributed by atoms with Crippen molar-refractivity contribution in [3.8, 4) is 45.6 Å². The van der Waals surface area contributed by atoms with Gasteiger partial charge < -0.3 is 4.90 Å². The van der Waals surface area contributed by atoms with Crippen LogP contribution in [0.5, 0.6) is 0 Å². The Balaban J connectivity index is 1.27. The highest BCUT2D eigenvalue weighted by atomic mass is 15.4. The Kier molecular flexibility index (Phi) is 9.75. The number of para-hydroxylation sites is 2. The summed E-state index contributed by atoms with van der Waals surface area (Å²) in [4.78, 5) is 35.3. The maximum absolute atomic E-state index is 5.24. The summed E-state index contributed by atoms with van der Waals surface area (Å²) in [6.07, 6.45) is 0. The van der Waals surface area contributed by atoms with Gasteiger partial charge in [0.25, 0.3) is 0 Å². The third kappa shape index (κ3) is 7.21. The lowest BCUT2D eigenvalue weighted by atomic mass is 10.0. The topological polar surface area (TPSA) is 83.8 Å². The van der Waals surface area contributed by atoms with Crippen LogP contribution in [0.15, 0.2) is 218 Å². The summed E-state index contributed by atoms with van der Waals surface area (Å²) in [5, 5.41) is 1.95. The molecule has 0 atom stereocenters.